The van der Waals surface area contributed by atoms with Crippen LogP contribution in [0.1, 0.15) is 47.2 Å². The van der Waals surface area contributed by atoms with Crippen molar-refractivity contribution < 1.29 is 0 Å². The van der Waals surface area contributed by atoms with Gasteiger partial charge in [-0.3, -0.25) is 9.97 Å². The molecule has 0 saturated carbocycles. The minimum Gasteiger partial charge on any atom is -0.254 e. The molecule has 0 N–H and O–H groups in total. The molecule has 0 unspecified atom stereocenters. The highest BCUT2D eigenvalue weighted by Gasteiger charge is 2.52. The summed E-state index contributed by atoms with van der Waals surface area (Å²) in [5.74, 6) is 0. The molecule has 204 valence electrons. The molecule has 0 fully saturated rings. The van der Waals surface area contributed by atoms with Gasteiger partial charge in [0, 0.05) is 43.9 Å². The first-order valence-electron chi connectivity index (χ1n) is 14.8. The van der Waals surface area contributed by atoms with Gasteiger partial charge in [-0.2, -0.15) is 0 Å². The van der Waals surface area contributed by atoms with Crippen molar-refractivity contribution in [2.75, 3.05) is 0 Å². The molecule has 2 aromatic heterocycles. The highest BCUT2D eigenvalue weighted by Crippen LogP contribution is 2.62. The Kier molecular flexibility index (Phi) is 5.13. The molecule has 3 heteroatoms. The molecule has 5 aromatic carbocycles. The van der Waals surface area contributed by atoms with Crippen LogP contribution in [-0.2, 0) is 10.8 Å². The van der Waals surface area contributed by atoms with Gasteiger partial charge < -0.3 is 0 Å². The maximum absolute atomic E-state index is 5.00. The fraction of sp³-hybridized carbons (Fsp3) is 0.100. The van der Waals surface area contributed by atoms with Gasteiger partial charge in [0.1, 0.15) is 0 Å². The topological polar surface area (TPSA) is 25.8 Å². The van der Waals surface area contributed by atoms with Gasteiger partial charge >= 0.3 is 0 Å². The lowest BCUT2D eigenvalue weighted by Gasteiger charge is -2.50. The predicted molar refractivity (Wildman–Crippen MR) is 177 cm³/mol. The molecule has 0 saturated heterocycles. The van der Waals surface area contributed by atoms with E-state index in [2.05, 4.69) is 134 Å². The summed E-state index contributed by atoms with van der Waals surface area (Å²) in [6.45, 7) is 4.75. The van der Waals surface area contributed by atoms with Gasteiger partial charge in [-0.15, -0.1) is 0 Å². The monoisotopic (exact) mass is 568 g/mol. The van der Waals surface area contributed by atoms with Crippen molar-refractivity contribution in [1.82, 2.24) is 9.97 Å². The van der Waals surface area contributed by atoms with Gasteiger partial charge in [0.2, 0.25) is 0 Å². The smallest absolute Gasteiger partial charge is 0.0964 e. The Balaban J connectivity index is 1.37. The lowest BCUT2D eigenvalue weighted by atomic mass is 9.54. The van der Waals surface area contributed by atoms with Crippen LogP contribution in [0.15, 0.2) is 144 Å². The summed E-state index contributed by atoms with van der Waals surface area (Å²) < 4.78 is 0. The average molecular weight is 569 g/mol. The minimum atomic E-state index is -0.430. The summed E-state index contributed by atoms with van der Waals surface area (Å²) in [6, 6.07) is 44.8. The molecule has 9 rings (SSSR count). The second kappa shape index (κ2) is 8.89. The number of rotatable bonds is 1. The van der Waals surface area contributed by atoms with Gasteiger partial charge in [-0.05, 0) is 57.1 Å². The van der Waals surface area contributed by atoms with E-state index in [1.54, 1.807) is 0 Å². The van der Waals surface area contributed by atoms with E-state index >= 15 is 0 Å². The first kappa shape index (κ1) is 24.8. The Morgan fingerprint density at radius 2 is 1.16 bits per heavy atom. The van der Waals surface area contributed by atoms with Gasteiger partial charge in [0.25, 0.3) is 0 Å². The zero-order valence-electron chi connectivity index (χ0n) is 24.0. The summed E-state index contributed by atoms with van der Waals surface area (Å²) in [6.07, 6.45) is 3.88. The molecular weight excluding hydrogens is 541 g/mol. The van der Waals surface area contributed by atoms with E-state index in [1.165, 1.54) is 48.7 Å². The van der Waals surface area contributed by atoms with Crippen LogP contribution in [0, 0.1) is 0 Å². The number of benzene rings is 5. The molecule has 1 spiro atoms. The maximum Gasteiger partial charge on any atom is 0.0964 e. The Bertz CT molecular complexity index is 2210. The molecule has 1 aliphatic heterocycles. The standard InChI is InChI=1S/C40H28N2S/c1-39(2)29-13-3-5-15-31(29)40(32-16-6-4-14-30(32)39)33-17-7-8-19-35(33)43-38-28(12-9-18-34(38)40)27-23-26-21-20-25-11-10-22-41-36(25)37(26)42-24-27/h3-24H,1-2H3. The third kappa shape index (κ3) is 3.26. The molecule has 1 aliphatic carbocycles. The highest BCUT2D eigenvalue weighted by atomic mass is 32.2. The summed E-state index contributed by atoms with van der Waals surface area (Å²) >= 11 is 1.89. The summed E-state index contributed by atoms with van der Waals surface area (Å²) in [7, 11) is 0. The Morgan fingerprint density at radius 1 is 0.535 bits per heavy atom. The van der Waals surface area contributed by atoms with E-state index in [1.807, 2.05) is 30.2 Å². The second-order valence-corrected chi connectivity index (χ2v) is 13.2. The third-order valence-corrected chi connectivity index (χ3v) is 10.9. The molecule has 3 heterocycles. The molecular formula is C40H28N2S. The Morgan fingerprint density at radius 3 is 1.93 bits per heavy atom. The van der Waals surface area contributed by atoms with Crippen LogP contribution in [0.4, 0.5) is 0 Å². The molecule has 0 radical (unpaired) electrons. The summed E-state index contributed by atoms with van der Waals surface area (Å²) in [5, 5.41) is 2.21. The quantitative estimate of drug-likeness (QED) is 0.184. The summed E-state index contributed by atoms with van der Waals surface area (Å²) in [5.41, 5.74) is 11.9. The molecule has 7 aromatic rings. The normalized spacial score (nSPS) is 15.5. The molecule has 0 atom stereocenters. The predicted octanol–water partition coefficient (Wildman–Crippen LogP) is 9.94. The minimum absolute atomic E-state index is 0.116. The van der Waals surface area contributed by atoms with Crippen molar-refractivity contribution in [2.45, 2.75) is 34.5 Å². The Labute approximate surface area is 255 Å². The van der Waals surface area contributed by atoms with E-state index in [4.69, 9.17) is 4.98 Å². The van der Waals surface area contributed by atoms with Crippen LogP contribution >= 0.6 is 11.8 Å². The molecule has 0 amide bonds. The van der Waals surface area contributed by atoms with E-state index in [-0.39, 0.29) is 5.41 Å². The number of aromatic nitrogens is 2. The number of pyridine rings is 2. The largest absolute Gasteiger partial charge is 0.254 e. The fourth-order valence-electron chi connectivity index (χ4n) is 7.75. The first-order chi connectivity index (χ1) is 21.1. The van der Waals surface area contributed by atoms with Crippen molar-refractivity contribution >= 4 is 33.6 Å². The van der Waals surface area contributed by atoms with Gasteiger partial charge in [0.05, 0.1) is 16.4 Å². The van der Waals surface area contributed by atoms with E-state index in [0.717, 1.165) is 27.4 Å². The fourth-order valence-corrected chi connectivity index (χ4v) is 9.08. The van der Waals surface area contributed by atoms with Gasteiger partial charge in [-0.25, -0.2) is 0 Å². The van der Waals surface area contributed by atoms with Crippen LogP contribution in [-0.4, -0.2) is 9.97 Å². The number of hydrogen-bond donors (Lipinski definition) is 0. The van der Waals surface area contributed by atoms with Crippen molar-refractivity contribution in [3.63, 3.8) is 0 Å². The molecule has 0 bridgehead atoms. The number of nitrogens with zero attached hydrogens (tertiary/aromatic N) is 2. The van der Waals surface area contributed by atoms with Crippen molar-refractivity contribution in [1.29, 1.82) is 0 Å². The van der Waals surface area contributed by atoms with Crippen LogP contribution < -0.4 is 0 Å². The summed E-state index contributed by atoms with van der Waals surface area (Å²) in [4.78, 5) is 12.3. The zero-order valence-corrected chi connectivity index (χ0v) is 24.8. The van der Waals surface area contributed by atoms with Crippen molar-refractivity contribution in [3.8, 4) is 11.1 Å². The lowest BCUT2D eigenvalue weighted by molar-refractivity contribution is 0.549. The van der Waals surface area contributed by atoms with Crippen LogP contribution in [0.5, 0.6) is 0 Å². The number of hydrogen-bond acceptors (Lipinski definition) is 3. The van der Waals surface area contributed by atoms with Crippen LogP contribution in [0.2, 0.25) is 0 Å². The average Bonchev–Trinajstić information content (AvgIpc) is 3.06. The maximum atomic E-state index is 5.00. The van der Waals surface area contributed by atoms with Crippen molar-refractivity contribution in [2.24, 2.45) is 0 Å². The first-order valence-corrected chi connectivity index (χ1v) is 15.6. The van der Waals surface area contributed by atoms with E-state index in [9.17, 15) is 0 Å². The van der Waals surface area contributed by atoms with Crippen LogP contribution in [0.25, 0.3) is 32.9 Å². The lowest BCUT2D eigenvalue weighted by Crippen LogP contribution is -2.43. The SMILES string of the molecule is CC1(C)c2ccccc2C2(c3ccccc3Sc3c(-c4cnc5c(ccc6cccnc65)c4)cccc32)c2ccccc21. The number of fused-ring (bicyclic) bond motifs is 11. The molecule has 2 nitrogen and oxygen atoms in total. The van der Waals surface area contributed by atoms with E-state index in [0.29, 0.717) is 0 Å². The van der Waals surface area contributed by atoms with E-state index < -0.39 is 5.41 Å². The van der Waals surface area contributed by atoms with Crippen molar-refractivity contribution in [3.05, 3.63) is 167 Å². The Hall–Kier alpha value is -4.73. The third-order valence-electron chi connectivity index (χ3n) is 9.66. The van der Waals surface area contributed by atoms with Crippen LogP contribution in [0.3, 0.4) is 0 Å². The second-order valence-electron chi connectivity index (χ2n) is 12.2. The van der Waals surface area contributed by atoms with Gasteiger partial charge in [0.15, 0.2) is 0 Å². The zero-order chi connectivity index (χ0) is 28.8. The van der Waals surface area contributed by atoms with Gasteiger partial charge in [-0.1, -0.05) is 129 Å². The molecule has 2 aliphatic rings. The molecule has 43 heavy (non-hydrogen) atoms. The highest BCUT2D eigenvalue weighted by molar-refractivity contribution is 7.99.